The first kappa shape index (κ1) is 14.9. The van der Waals surface area contributed by atoms with Gasteiger partial charge in [-0.1, -0.05) is 34.9 Å². The van der Waals surface area contributed by atoms with Gasteiger partial charge in [-0.2, -0.15) is 0 Å². The second-order valence-corrected chi connectivity index (χ2v) is 6.81. The Labute approximate surface area is 127 Å². The van der Waals surface area contributed by atoms with Gasteiger partial charge in [-0.25, -0.2) is 0 Å². The van der Waals surface area contributed by atoms with E-state index in [1.807, 2.05) is 6.26 Å². The molecule has 0 aliphatic heterocycles. The highest BCUT2D eigenvalue weighted by molar-refractivity contribution is 8.03. The number of nitrogens with zero attached hydrogens (tertiary/aromatic N) is 3. The topological polar surface area (TPSA) is 86.0 Å². The highest BCUT2D eigenvalue weighted by atomic mass is 32.2. The van der Waals surface area contributed by atoms with Crippen LogP contribution in [-0.4, -0.2) is 32.9 Å². The molecule has 1 aromatic carbocycles. The lowest BCUT2D eigenvalue weighted by molar-refractivity contribution is -0.384. The number of Topliss-reactive ketones (excluding diaryl/α,β-unsaturated/α-hetero) is 1. The molecule has 104 valence electrons. The van der Waals surface area contributed by atoms with Crippen molar-refractivity contribution in [3.63, 3.8) is 0 Å². The number of benzene rings is 1. The average Bonchev–Trinajstić information content (AvgIpc) is 2.93. The van der Waals surface area contributed by atoms with Crippen molar-refractivity contribution < 1.29 is 9.72 Å². The van der Waals surface area contributed by atoms with Crippen LogP contribution in [0, 0.1) is 10.1 Å². The van der Waals surface area contributed by atoms with Crippen LogP contribution in [0.4, 0.5) is 5.69 Å². The normalized spacial score (nSPS) is 10.4. The third-order valence-corrected chi connectivity index (χ3v) is 5.32. The monoisotopic (exact) mass is 327 g/mol. The Bertz CT molecular complexity index is 627. The molecule has 2 rings (SSSR count). The minimum absolute atomic E-state index is 0.0251. The lowest BCUT2D eigenvalue weighted by Crippen LogP contribution is -2.02. The van der Waals surface area contributed by atoms with Gasteiger partial charge in [-0.05, 0) is 18.4 Å². The number of carbonyl (C=O) groups is 1. The zero-order valence-corrected chi connectivity index (χ0v) is 12.8. The predicted molar refractivity (Wildman–Crippen MR) is 79.8 cm³/mol. The fourth-order valence-electron chi connectivity index (χ4n) is 1.32. The van der Waals surface area contributed by atoms with Gasteiger partial charge in [0.15, 0.2) is 14.5 Å². The van der Waals surface area contributed by atoms with Crippen molar-refractivity contribution in [1.82, 2.24) is 10.2 Å². The highest BCUT2D eigenvalue weighted by Gasteiger charge is 2.11. The Morgan fingerprint density at radius 2 is 1.95 bits per heavy atom. The van der Waals surface area contributed by atoms with Gasteiger partial charge in [0.25, 0.3) is 5.69 Å². The molecule has 0 saturated carbocycles. The average molecular weight is 327 g/mol. The van der Waals surface area contributed by atoms with Gasteiger partial charge < -0.3 is 0 Å². The van der Waals surface area contributed by atoms with E-state index in [1.54, 1.807) is 0 Å². The van der Waals surface area contributed by atoms with Crippen molar-refractivity contribution >= 4 is 46.3 Å². The van der Waals surface area contributed by atoms with E-state index in [-0.39, 0.29) is 17.2 Å². The van der Waals surface area contributed by atoms with Gasteiger partial charge in [-0.15, -0.1) is 10.2 Å². The molecule has 1 aromatic heterocycles. The summed E-state index contributed by atoms with van der Waals surface area (Å²) in [5.74, 6) is 0.145. The van der Waals surface area contributed by atoms with Gasteiger partial charge in [0.05, 0.1) is 10.7 Å². The van der Waals surface area contributed by atoms with E-state index in [2.05, 4.69) is 10.2 Å². The van der Waals surface area contributed by atoms with Crippen LogP contribution in [0.15, 0.2) is 32.9 Å². The molecule has 0 fully saturated rings. The van der Waals surface area contributed by atoms with E-state index in [0.29, 0.717) is 5.56 Å². The second-order valence-electron chi connectivity index (χ2n) is 3.55. The number of rotatable bonds is 6. The molecular weight excluding hydrogens is 318 g/mol. The van der Waals surface area contributed by atoms with Crippen molar-refractivity contribution in [1.29, 1.82) is 0 Å². The van der Waals surface area contributed by atoms with Crippen LogP contribution in [0.3, 0.4) is 0 Å². The first-order chi connectivity index (χ1) is 9.60. The summed E-state index contributed by atoms with van der Waals surface area (Å²) in [5.41, 5.74) is 0.431. The Morgan fingerprint density at radius 1 is 1.30 bits per heavy atom. The molecule has 1 heterocycles. The Kier molecular flexibility index (Phi) is 5.10. The van der Waals surface area contributed by atoms with E-state index < -0.39 is 4.92 Å². The quantitative estimate of drug-likeness (QED) is 0.348. The summed E-state index contributed by atoms with van der Waals surface area (Å²) >= 11 is 4.26. The van der Waals surface area contributed by atoms with Gasteiger partial charge in [0, 0.05) is 17.7 Å². The molecule has 0 bridgehead atoms. The minimum Gasteiger partial charge on any atom is -0.293 e. The summed E-state index contributed by atoms with van der Waals surface area (Å²) in [7, 11) is 0. The number of thioether (sulfide) groups is 2. The summed E-state index contributed by atoms with van der Waals surface area (Å²) in [6, 6.07) is 5.59. The number of hydrogen-bond acceptors (Lipinski definition) is 8. The van der Waals surface area contributed by atoms with Crippen LogP contribution in [0.5, 0.6) is 0 Å². The zero-order valence-electron chi connectivity index (χ0n) is 10.3. The second kappa shape index (κ2) is 6.82. The van der Waals surface area contributed by atoms with Gasteiger partial charge in [-0.3, -0.25) is 14.9 Å². The summed E-state index contributed by atoms with van der Waals surface area (Å²) in [4.78, 5) is 22.0. The highest BCUT2D eigenvalue weighted by Crippen LogP contribution is 2.27. The van der Waals surface area contributed by atoms with Crippen LogP contribution in [-0.2, 0) is 0 Å². The molecule has 2 aromatic rings. The maximum atomic E-state index is 11.9. The van der Waals surface area contributed by atoms with E-state index in [1.165, 1.54) is 59.1 Å². The predicted octanol–water partition coefficient (Wildman–Crippen LogP) is 3.14. The zero-order chi connectivity index (χ0) is 14.5. The third kappa shape index (κ3) is 3.78. The van der Waals surface area contributed by atoms with Crippen molar-refractivity contribution in [2.24, 2.45) is 0 Å². The Balaban J connectivity index is 1.96. The fourth-order valence-corrected chi connectivity index (χ4v) is 3.65. The molecule has 0 saturated heterocycles. The van der Waals surface area contributed by atoms with Crippen LogP contribution in [0.1, 0.15) is 10.4 Å². The molecule has 0 N–H and O–H groups in total. The fraction of sp³-hybridized carbons (Fsp3) is 0.182. The smallest absolute Gasteiger partial charge is 0.269 e. The molecule has 6 nitrogen and oxygen atoms in total. The minimum atomic E-state index is -0.492. The van der Waals surface area contributed by atoms with E-state index >= 15 is 0 Å². The van der Waals surface area contributed by atoms with E-state index in [4.69, 9.17) is 0 Å². The number of nitro benzene ring substituents is 1. The molecule has 0 unspecified atom stereocenters. The summed E-state index contributed by atoms with van der Waals surface area (Å²) in [6.45, 7) is 0. The largest absolute Gasteiger partial charge is 0.293 e. The van der Waals surface area contributed by atoms with Crippen molar-refractivity contribution in [2.45, 2.75) is 8.68 Å². The number of hydrogen-bond donors (Lipinski definition) is 0. The first-order valence-electron chi connectivity index (χ1n) is 5.38. The Hall–Kier alpha value is -1.45. The lowest BCUT2D eigenvalue weighted by atomic mass is 10.1. The summed E-state index contributed by atoms with van der Waals surface area (Å²) < 4.78 is 1.60. The van der Waals surface area contributed by atoms with Crippen molar-refractivity contribution in [3.8, 4) is 0 Å². The molecular formula is C11H9N3O3S3. The maximum Gasteiger partial charge on any atom is 0.269 e. The molecule has 0 amide bonds. The maximum absolute atomic E-state index is 11.9. The molecule has 0 aliphatic rings. The Morgan fingerprint density at radius 3 is 2.50 bits per heavy atom. The first-order valence-corrected chi connectivity index (χ1v) is 8.41. The van der Waals surface area contributed by atoms with E-state index in [0.717, 1.165) is 8.68 Å². The molecule has 0 spiro atoms. The van der Waals surface area contributed by atoms with Crippen LogP contribution < -0.4 is 0 Å². The number of nitro groups is 1. The summed E-state index contributed by atoms with van der Waals surface area (Å²) in [5, 5.41) is 18.4. The number of aromatic nitrogens is 2. The number of non-ortho nitro benzene ring substituents is 1. The van der Waals surface area contributed by atoms with Crippen molar-refractivity contribution in [3.05, 3.63) is 39.9 Å². The summed E-state index contributed by atoms with van der Waals surface area (Å²) in [6.07, 6.45) is 1.91. The number of carbonyl (C=O) groups excluding carboxylic acids is 1. The standard InChI is InChI=1S/C11H9N3O3S3/c1-18-10-12-13-11(20-10)19-6-9(15)7-2-4-8(5-3-7)14(16)17/h2-5H,6H2,1H3. The van der Waals surface area contributed by atoms with Crippen LogP contribution >= 0.6 is 34.9 Å². The molecule has 9 heteroatoms. The van der Waals surface area contributed by atoms with Gasteiger partial charge >= 0.3 is 0 Å². The lowest BCUT2D eigenvalue weighted by Gasteiger charge is -1.98. The molecule has 0 radical (unpaired) electrons. The third-order valence-electron chi connectivity index (χ3n) is 2.29. The van der Waals surface area contributed by atoms with Crippen LogP contribution in [0.2, 0.25) is 0 Å². The van der Waals surface area contributed by atoms with E-state index in [9.17, 15) is 14.9 Å². The molecule has 0 atom stereocenters. The molecule has 0 aliphatic carbocycles. The van der Waals surface area contributed by atoms with Crippen LogP contribution in [0.25, 0.3) is 0 Å². The van der Waals surface area contributed by atoms with Crippen molar-refractivity contribution in [2.75, 3.05) is 12.0 Å². The van der Waals surface area contributed by atoms with Gasteiger partial charge in [0.1, 0.15) is 0 Å². The SMILES string of the molecule is CSc1nnc(SCC(=O)c2ccc([N+](=O)[O-])cc2)s1. The number of ketones is 1. The molecule has 20 heavy (non-hydrogen) atoms. The van der Waals surface area contributed by atoms with Gasteiger partial charge in [0.2, 0.25) is 0 Å².